The lowest BCUT2D eigenvalue weighted by Crippen LogP contribution is -1.89. The predicted octanol–water partition coefficient (Wildman–Crippen LogP) is 2.01. The van der Waals surface area contributed by atoms with Gasteiger partial charge in [-0.15, -0.1) is 11.3 Å². The zero-order valence-electron chi connectivity index (χ0n) is 5.08. The van der Waals surface area contributed by atoms with Gasteiger partial charge in [0.05, 0.1) is 10.9 Å². The van der Waals surface area contributed by atoms with E-state index >= 15 is 0 Å². The Morgan fingerprint density at radius 3 is 2.64 bits per heavy atom. The van der Waals surface area contributed by atoms with E-state index in [9.17, 15) is 0 Å². The Bertz CT molecular complexity index is 306. The summed E-state index contributed by atoms with van der Waals surface area (Å²) in [6.07, 6.45) is -1.23. The first-order valence-electron chi connectivity index (χ1n) is 2.54. The maximum absolute atomic E-state index is 8.99. The highest BCUT2D eigenvalue weighted by molar-refractivity contribution is 7.16. The van der Waals surface area contributed by atoms with Gasteiger partial charge in [0.15, 0.2) is 10.6 Å². The molecule has 0 radical (unpaired) electrons. The average Bonchev–Trinajstić information content (AvgIpc) is 2.28. The van der Waals surface area contributed by atoms with Crippen LogP contribution in [0.4, 0.5) is 0 Å². The zero-order valence-corrected chi connectivity index (χ0v) is 7.41. The maximum atomic E-state index is 8.99. The molecule has 1 aromatic rings. The normalized spacial score (nSPS) is 12.5. The number of aliphatic hydroxyl groups is 1. The topological polar surface area (TPSA) is 56.9 Å². The minimum Gasteiger partial charge on any atom is -0.373 e. The molecule has 6 heteroatoms. The van der Waals surface area contributed by atoms with Gasteiger partial charge in [-0.25, -0.2) is 4.98 Å². The van der Waals surface area contributed by atoms with Gasteiger partial charge in [0.1, 0.15) is 5.15 Å². The zero-order chi connectivity index (χ0) is 8.43. The minimum atomic E-state index is -1.23. The van der Waals surface area contributed by atoms with Gasteiger partial charge >= 0.3 is 0 Å². The lowest BCUT2D eigenvalue weighted by Gasteiger charge is -1.93. The molecule has 0 bridgehead atoms. The molecule has 0 aliphatic carbocycles. The number of aromatic nitrogens is 1. The van der Waals surface area contributed by atoms with E-state index in [1.165, 1.54) is 0 Å². The molecule has 11 heavy (non-hydrogen) atoms. The van der Waals surface area contributed by atoms with Crippen LogP contribution in [0.3, 0.4) is 0 Å². The minimum absolute atomic E-state index is 0.0917. The summed E-state index contributed by atoms with van der Waals surface area (Å²) in [4.78, 5) is 3.91. The smallest absolute Gasteiger partial charge is 0.185 e. The molecule has 0 amide bonds. The number of nitriles is 1. The fourth-order valence-corrected chi connectivity index (χ4v) is 1.86. The third-order valence-electron chi connectivity index (χ3n) is 0.954. The summed E-state index contributed by atoms with van der Waals surface area (Å²) in [5.74, 6) is 0. The third-order valence-corrected chi connectivity index (χ3v) is 2.57. The van der Waals surface area contributed by atoms with Crippen molar-refractivity contribution in [2.45, 2.75) is 6.10 Å². The molecular weight excluding hydrogens is 207 g/mol. The second-order valence-electron chi connectivity index (χ2n) is 1.65. The van der Waals surface area contributed by atoms with Gasteiger partial charge < -0.3 is 5.11 Å². The van der Waals surface area contributed by atoms with E-state index < -0.39 is 6.10 Å². The van der Waals surface area contributed by atoms with Crippen molar-refractivity contribution in [3.8, 4) is 6.07 Å². The first-order valence-corrected chi connectivity index (χ1v) is 4.12. The van der Waals surface area contributed by atoms with Crippen LogP contribution in [0.25, 0.3) is 0 Å². The molecule has 1 N–H and O–H groups in total. The van der Waals surface area contributed by atoms with Crippen LogP contribution >= 0.6 is 34.5 Å². The van der Waals surface area contributed by atoms with Gasteiger partial charge in [-0.2, -0.15) is 5.26 Å². The number of rotatable bonds is 1. The van der Waals surface area contributed by atoms with Crippen molar-refractivity contribution >= 4 is 34.5 Å². The quantitative estimate of drug-likeness (QED) is 0.719. The van der Waals surface area contributed by atoms with Gasteiger partial charge in [0.25, 0.3) is 0 Å². The number of nitrogens with zero attached hydrogens (tertiary/aromatic N) is 2. The average molecular weight is 209 g/mol. The molecule has 1 heterocycles. The van der Waals surface area contributed by atoms with Crippen molar-refractivity contribution in [1.82, 2.24) is 4.98 Å². The van der Waals surface area contributed by atoms with Crippen molar-refractivity contribution in [2.75, 3.05) is 0 Å². The van der Waals surface area contributed by atoms with Crippen LogP contribution < -0.4 is 0 Å². The van der Waals surface area contributed by atoms with Gasteiger partial charge in [-0.05, 0) is 0 Å². The molecule has 1 rings (SSSR count). The molecule has 0 aliphatic rings. The largest absolute Gasteiger partial charge is 0.373 e. The van der Waals surface area contributed by atoms with Crippen molar-refractivity contribution in [1.29, 1.82) is 5.26 Å². The van der Waals surface area contributed by atoms with Gasteiger partial charge in [0, 0.05) is 0 Å². The fourth-order valence-electron chi connectivity index (χ4n) is 0.515. The van der Waals surface area contributed by atoms with Crippen LogP contribution in [0.1, 0.15) is 11.0 Å². The first kappa shape index (κ1) is 8.75. The van der Waals surface area contributed by atoms with Crippen LogP contribution in [-0.2, 0) is 0 Å². The van der Waals surface area contributed by atoms with E-state index in [1.54, 1.807) is 6.07 Å². The lowest BCUT2D eigenvalue weighted by molar-refractivity contribution is 0.239. The van der Waals surface area contributed by atoms with Crippen molar-refractivity contribution in [3.63, 3.8) is 0 Å². The summed E-state index contributed by atoms with van der Waals surface area (Å²) < 4.78 is 0.222. The van der Waals surface area contributed by atoms with Crippen LogP contribution in [0.5, 0.6) is 0 Å². The Hall–Kier alpha value is -0.340. The number of hydrogen-bond donors (Lipinski definition) is 1. The summed E-state index contributed by atoms with van der Waals surface area (Å²) in [6.45, 7) is 0. The van der Waals surface area contributed by atoms with Crippen molar-refractivity contribution < 1.29 is 5.11 Å². The summed E-state index contributed by atoms with van der Waals surface area (Å²) >= 11 is 12.0. The number of hydrogen-bond acceptors (Lipinski definition) is 4. The Labute approximate surface area is 76.8 Å². The number of thiazole rings is 1. The molecule has 0 saturated heterocycles. The van der Waals surface area contributed by atoms with Crippen LogP contribution in [0.15, 0.2) is 0 Å². The molecule has 0 aliphatic heterocycles. The van der Waals surface area contributed by atoms with E-state index in [4.69, 9.17) is 33.6 Å². The standard InChI is InChI=1S/C5H2Cl2N2OS/c6-4-3(2(10)1-8)11-5(7)9-4/h2,10H. The van der Waals surface area contributed by atoms with Crippen LogP contribution in [-0.4, -0.2) is 10.1 Å². The fraction of sp³-hybridized carbons (Fsp3) is 0.200. The molecule has 0 fully saturated rings. The molecule has 0 spiro atoms. The summed E-state index contributed by atoms with van der Waals surface area (Å²) in [7, 11) is 0. The highest BCUT2D eigenvalue weighted by Gasteiger charge is 2.15. The summed E-state index contributed by atoms with van der Waals surface area (Å²) in [5.41, 5.74) is 0. The van der Waals surface area contributed by atoms with Gasteiger partial charge in [-0.1, -0.05) is 23.2 Å². The molecule has 58 valence electrons. The highest BCUT2D eigenvalue weighted by Crippen LogP contribution is 2.31. The van der Waals surface area contributed by atoms with Crippen LogP contribution in [0.2, 0.25) is 9.62 Å². The molecular formula is C5H2Cl2N2OS. The maximum Gasteiger partial charge on any atom is 0.185 e. The number of halogens is 2. The summed E-state index contributed by atoms with van der Waals surface area (Å²) in [5, 5.41) is 17.4. The Morgan fingerprint density at radius 1 is 1.64 bits per heavy atom. The molecule has 0 saturated carbocycles. The van der Waals surface area contributed by atoms with E-state index in [1.807, 2.05) is 0 Å². The molecule has 1 atom stereocenters. The van der Waals surface area contributed by atoms with Crippen LogP contribution in [0, 0.1) is 11.3 Å². The van der Waals surface area contributed by atoms with E-state index in [0.717, 1.165) is 11.3 Å². The lowest BCUT2D eigenvalue weighted by atomic mass is 10.3. The Balaban J connectivity index is 3.05. The Kier molecular flexibility index (Phi) is 2.68. The molecule has 1 aromatic heterocycles. The van der Waals surface area contributed by atoms with Gasteiger partial charge in [0.2, 0.25) is 0 Å². The first-order chi connectivity index (χ1) is 5.15. The predicted molar refractivity (Wildman–Crippen MR) is 42.7 cm³/mol. The highest BCUT2D eigenvalue weighted by atomic mass is 35.5. The van der Waals surface area contributed by atoms with E-state index in [2.05, 4.69) is 4.98 Å². The molecule has 1 unspecified atom stereocenters. The molecule has 0 aromatic carbocycles. The van der Waals surface area contributed by atoms with E-state index in [0.29, 0.717) is 4.88 Å². The van der Waals surface area contributed by atoms with E-state index in [-0.39, 0.29) is 9.62 Å². The second kappa shape index (κ2) is 3.37. The van der Waals surface area contributed by atoms with Gasteiger partial charge in [-0.3, -0.25) is 0 Å². The van der Waals surface area contributed by atoms with Crippen molar-refractivity contribution in [2.24, 2.45) is 0 Å². The third kappa shape index (κ3) is 1.82. The number of aliphatic hydroxyl groups excluding tert-OH is 1. The summed E-state index contributed by atoms with van der Waals surface area (Å²) in [6, 6.07) is 1.62. The monoisotopic (exact) mass is 208 g/mol. The van der Waals surface area contributed by atoms with Crippen molar-refractivity contribution in [3.05, 3.63) is 14.5 Å². The Morgan fingerprint density at radius 2 is 2.27 bits per heavy atom. The molecule has 3 nitrogen and oxygen atoms in total. The second-order valence-corrected chi connectivity index (χ2v) is 3.62. The SMILES string of the molecule is N#CC(O)c1sc(Cl)nc1Cl.